The molecule has 3 aromatic rings. The van der Waals surface area contributed by atoms with Crippen LogP contribution in [0, 0.1) is 18.3 Å². The standard InChI is InChI=1S/C21H20N4O/c1-15-2-7-19-20(12-15)24-21(23-19)17(14-22)13-16-3-5-18(6-4-16)25-8-10-26-11-9-25/h2-7,12-13H,8-11H2,1H3,(H,23,24)/b17-13+. The summed E-state index contributed by atoms with van der Waals surface area (Å²) in [7, 11) is 0. The van der Waals surface area contributed by atoms with Gasteiger partial charge in [0.25, 0.3) is 0 Å². The Balaban J connectivity index is 1.61. The van der Waals surface area contributed by atoms with Crippen LogP contribution in [0.25, 0.3) is 22.7 Å². The van der Waals surface area contributed by atoms with Gasteiger partial charge in [-0.25, -0.2) is 4.98 Å². The number of benzene rings is 2. The number of aromatic amines is 1. The van der Waals surface area contributed by atoms with E-state index in [2.05, 4.69) is 33.1 Å². The first-order valence-corrected chi connectivity index (χ1v) is 8.74. The average Bonchev–Trinajstić information content (AvgIpc) is 3.10. The van der Waals surface area contributed by atoms with Crippen LogP contribution in [0.3, 0.4) is 0 Å². The zero-order valence-corrected chi connectivity index (χ0v) is 14.7. The largest absolute Gasteiger partial charge is 0.378 e. The lowest BCUT2D eigenvalue weighted by Gasteiger charge is -2.28. The summed E-state index contributed by atoms with van der Waals surface area (Å²) in [6.07, 6.45) is 1.87. The van der Waals surface area contributed by atoms with Gasteiger partial charge in [-0.1, -0.05) is 18.2 Å². The molecule has 0 saturated carbocycles. The molecular weight excluding hydrogens is 324 g/mol. The number of anilines is 1. The van der Waals surface area contributed by atoms with Crippen LogP contribution >= 0.6 is 0 Å². The molecule has 1 aliphatic heterocycles. The van der Waals surface area contributed by atoms with Gasteiger partial charge >= 0.3 is 0 Å². The van der Waals surface area contributed by atoms with Crippen molar-refractivity contribution in [3.05, 3.63) is 59.4 Å². The second-order valence-corrected chi connectivity index (χ2v) is 6.47. The molecular formula is C21H20N4O. The smallest absolute Gasteiger partial charge is 0.149 e. The van der Waals surface area contributed by atoms with Crippen molar-refractivity contribution in [2.24, 2.45) is 0 Å². The molecule has 0 radical (unpaired) electrons. The first-order chi connectivity index (χ1) is 12.7. The molecule has 1 aliphatic rings. The number of hydrogen-bond acceptors (Lipinski definition) is 4. The molecule has 26 heavy (non-hydrogen) atoms. The van der Waals surface area contributed by atoms with Crippen molar-refractivity contribution in [3.63, 3.8) is 0 Å². The fourth-order valence-electron chi connectivity index (χ4n) is 3.17. The summed E-state index contributed by atoms with van der Waals surface area (Å²) in [5, 5.41) is 9.58. The molecule has 0 atom stereocenters. The van der Waals surface area contributed by atoms with Crippen LogP contribution in [0.2, 0.25) is 0 Å². The SMILES string of the molecule is Cc1ccc2nc(/C(C#N)=C/c3ccc(N4CCOCC4)cc3)[nH]c2c1. The zero-order valence-electron chi connectivity index (χ0n) is 14.7. The molecule has 0 spiro atoms. The number of imidazole rings is 1. The zero-order chi connectivity index (χ0) is 17.9. The van der Waals surface area contributed by atoms with Crippen molar-refractivity contribution in [2.75, 3.05) is 31.2 Å². The highest BCUT2D eigenvalue weighted by atomic mass is 16.5. The van der Waals surface area contributed by atoms with Gasteiger partial charge in [0.15, 0.2) is 0 Å². The second-order valence-electron chi connectivity index (χ2n) is 6.47. The van der Waals surface area contributed by atoms with Gasteiger partial charge in [-0.05, 0) is 48.4 Å². The molecule has 1 aromatic heterocycles. The van der Waals surface area contributed by atoms with Crippen LogP contribution in [0.1, 0.15) is 17.0 Å². The number of aryl methyl sites for hydroxylation is 1. The van der Waals surface area contributed by atoms with Crippen LogP contribution < -0.4 is 4.90 Å². The van der Waals surface area contributed by atoms with Gasteiger partial charge in [0.2, 0.25) is 0 Å². The van der Waals surface area contributed by atoms with Crippen LogP contribution in [-0.4, -0.2) is 36.3 Å². The molecule has 5 nitrogen and oxygen atoms in total. The van der Waals surface area contributed by atoms with Crippen molar-refractivity contribution in [1.29, 1.82) is 5.26 Å². The number of nitrogens with zero attached hydrogens (tertiary/aromatic N) is 3. The maximum Gasteiger partial charge on any atom is 0.149 e. The molecule has 0 aliphatic carbocycles. The number of nitrogens with one attached hydrogen (secondary N) is 1. The van der Waals surface area contributed by atoms with Crippen LogP contribution in [0.5, 0.6) is 0 Å². The Hall–Kier alpha value is -3.10. The third kappa shape index (κ3) is 3.32. The van der Waals surface area contributed by atoms with Crippen molar-refractivity contribution >= 4 is 28.4 Å². The third-order valence-corrected chi connectivity index (χ3v) is 4.59. The minimum Gasteiger partial charge on any atom is -0.378 e. The van der Waals surface area contributed by atoms with E-state index in [1.165, 1.54) is 5.69 Å². The van der Waals surface area contributed by atoms with Gasteiger partial charge in [0.05, 0.1) is 29.8 Å². The molecule has 5 heteroatoms. The Morgan fingerprint density at radius 1 is 1.19 bits per heavy atom. The van der Waals surface area contributed by atoms with Crippen molar-refractivity contribution in [3.8, 4) is 6.07 Å². The Kier molecular flexibility index (Phi) is 4.42. The maximum atomic E-state index is 9.58. The number of aromatic nitrogens is 2. The van der Waals surface area contributed by atoms with E-state index in [1.54, 1.807) is 0 Å². The molecule has 1 fully saturated rings. The predicted molar refractivity (Wildman–Crippen MR) is 104 cm³/mol. The van der Waals surface area contributed by atoms with Crippen molar-refractivity contribution in [1.82, 2.24) is 9.97 Å². The first-order valence-electron chi connectivity index (χ1n) is 8.74. The first kappa shape index (κ1) is 16.4. The summed E-state index contributed by atoms with van der Waals surface area (Å²) in [6.45, 7) is 5.41. The van der Waals surface area contributed by atoms with E-state index in [0.29, 0.717) is 11.4 Å². The van der Waals surface area contributed by atoms with Gasteiger partial charge in [0, 0.05) is 18.8 Å². The minimum atomic E-state index is 0.526. The summed E-state index contributed by atoms with van der Waals surface area (Å²) in [4.78, 5) is 10.1. The van der Waals surface area contributed by atoms with E-state index in [4.69, 9.17) is 4.74 Å². The van der Waals surface area contributed by atoms with Crippen LogP contribution in [-0.2, 0) is 4.74 Å². The number of nitriles is 1. The highest BCUT2D eigenvalue weighted by Gasteiger charge is 2.11. The highest BCUT2D eigenvalue weighted by molar-refractivity contribution is 5.90. The lowest BCUT2D eigenvalue weighted by atomic mass is 10.1. The Morgan fingerprint density at radius 2 is 1.96 bits per heavy atom. The van der Waals surface area contributed by atoms with Gasteiger partial charge in [-0.15, -0.1) is 0 Å². The number of ether oxygens (including phenoxy) is 1. The van der Waals surface area contributed by atoms with Crippen LogP contribution in [0.15, 0.2) is 42.5 Å². The van der Waals surface area contributed by atoms with Crippen molar-refractivity contribution in [2.45, 2.75) is 6.92 Å². The van der Waals surface area contributed by atoms with E-state index in [1.807, 2.05) is 43.3 Å². The lowest BCUT2D eigenvalue weighted by Crippen LogP contribution is -2.36. The predicted octanol–water partition coefficient (Wildman–Crippen LogP) is 3.77. The summed E-state index contributed by atoms with van der Waals surface area (Å²) in [5.41, 5.74) is 5.67. The summed E-state index contributed by atoms with van der Waals surface area (Å²) >= 11 is 0. The number of hydrogen-bond donors (Lipinski definition) is 1. The number of fused-ring (bicyclic) bond motifs is 1. The average molecular weight is 344 g/mol. The fraction of sp³-hybridized carbons (Fsp3) is 0.238. The number of rotatable bonds is 3. The number of allylic oxidation sites excluding steroid dienone is 1. The van der Waals surface area contributed by atoms with Gasteiger partial charge < -0.3 is 14.6 Å². The highest BCUT2D eigenvalue weighted by Crippen LogP contribution is 2.22. The lowest BCUT2D eigenvalue weighted by molar-refractivity contribution is 0.122. The van der Waals surface area contributed by atoms with E-state index in [0.717, 1.165) is 48.5 Å². The molecule has 2 aromatic carbocycles. The topological polar surface area (TPSA) is 64.9 Å². The Labute approximate surface area is 152 Å². The van der Waals surface area contributed by atoms with E-state index >= 15 is 0 Å². The fourth-order valence-corrected chi connectivity index (χ4v) is 3.17. The molecule has 1 saturated heterocycles. The molecule has 1 N–H and O–H groups in total. The quantitative estimate of drug-likeness (QED) is 0.735. The summed E-state index contributed by atoms with van der Waals surface area (Å²) < 4.78 is 5.40. The number of morpholine rings is 1. The molecule has 130 valence electrons. The Bertz CT molecular complexity index is 989. The second kappa shape index (κ2) is 7.03. The monoisotopic (exact) mass is 344 g/mol. The molecule has 4 rings (SSSR count). The Morgan fingerprint density at radius 3 is 2.69 bits per heavy atom. The molecule has 0 unspecified atom stereocenters. The maximum absolute atomic E-state index is 9.58. The molecule has 0 bridgehead atoms. The molecule has 2 heterocycles. The van der Waals surface area contributed by atoms with E-state index in [-0.39, 0.29) is 0 Å². The van der Waals surface area contributed by atoms with Gasteiger partial charge in [-0.3, -0.25) is 0 Å². The summed E-state index contributed by atoms with van der Waals surface area (Å²) in [5.74, 6) is 0.602. The minimum absolute atomic E-state index is 0.526. The van der Waals surface area contributed by atoms with Gasteiger partial charge in [-0.2, -0.15) is 5.26 Å². The summed E-state index contributed by atoms with van der Waals surface area (Å²) in [6, 6.07) is 16.5. The third-order valence-electron chi connectivity index (χ3n) is 4.59. The van der Waals surface area contributed by atoms with Crippen molar-refractivity contribution < 1.29 is 4.74 Å². The van der Waals surface area contributed by atoms with E-state index in [9.17, 15) is 5.26 Å². The van der Waals surface area contributed by atoms with E-state index < -0.39 is 0 Å². The van der Waals surface area contributed by atoms with Gasteiger partial charge in [0.1, 0.15) is 11.9 Å². The normalized spacial score (nSPS) is 15.2. The number of H-pyrrole nitrogens is 1. The molecule has 0 amide bonds. The van der Waals surface area contributed by atoms with Crippen LogP contribution in [0.4, 0.5) is 5.69 Å².